The van der Waals surface area contributed by atoms with Gasteiger partial charge in [-0.3, -0.25) is 18.6 Å². The average Bonchev–Trinajstić information content (AvgIpc) is 3.12. The number of allylic oxidation sites excluding steroid dienone is 2. The molecule has 0 saturated carbocycles. The predicted molar refractivity (Wildman–Crippen MR) is 211 cm³/mol. The fourth-order valence-corrected chi connectivity index (χ4v) is 6.48. The first-order valence-electron chi connectivity index (χ1n) is 20.6. The average molecular weight is 772 g/mol. The van der Waals surface area contributed by atoms with Gasteiger partial charge in [0.15, 0.2) is 6.10 Å². The number of phosphoric ester groups is 1. The van der Waals surface area contributed by atoms with Gasteiger partial charge in [-0.05, 0) is 38.5 Å². The third-order valence-corrected chi connectivity index (χ3v) is 9.87. The van der Waals surface area contributed by atoms with E-state index in [1.165, 1.54) is 96.3 Å². The number of esters is 2. The first-order valence-corrected chi connectivity index (χ1v) is 22.1. The zero-order chi connectivity index (χ0) is 37.7. The summed E-state index contributed by atoms with van der Waals surface area (Å²) >= 11 is 0. The van der Waals surface area contributed by atoms with E-state index >= 15 is 0 Å². The van der Waals surface area contributed by atoms with E-state index in [-0.39, 0.29) is 49.0 Å². The quantitative estimate of drug-likeness (QED) is 0.0181. The molecule has 0 aliphatic heterocycles. The molecule has 12 heteroatoms. The molecule has 0 heterocycles. The number of carbonyl (C=O) groups excluding carboxylic acids is 2. The Hall–Kier alpha value is -0.290. The van der Waals surface area contributed by atoms with E-state index < -0.39 is 51.8 Å². The molecule has 303 valence electrons. The van der Waals surface area contributed by atoms with Gasteiger partial charge in [-0.2, -0.15) is 0 Å². The number of aliphatic hydroxyl groups excluding tert-OH is 2. The molecule has 0 saturated heterocycles. The van der Waals surface area contributed by atoms with E-state index in [4.69, 9.17) is 19.1 Å². The second kappa shape index (κ2) is 40.4. The van der Waals surface area contributed by atoms with Crippen molar-refractivity contribution in [2.45, 2.75) is 206 Å². The van der Waals surface area contributed by atoms with Crippen LogP contribution in [0.3, 0.4) is 0 Å². The summed E-state index contributed by atoms with van der Waals surface area (Å²) in [6, 6.07) is 0. The smallest absolute Gasteiger partial charge is 0.462 e. The molecule has 0 amide bonds. The van der Waals surface area contributed by atoms with Crippen molar-refractivity contribution in [1.29, 1.82) is 0 Å². The van der Waals surface area contributed by atoms with Crippen LogP contribution in [-0.4, -0.2) is 95.2 Å². The summed E-state index contributed by atoms with van der Waals surface area (Å²) in [4.78, 5) is 34.9. The fourth-order valence-electron chi connectivity index (χ4n) is 5.69. The summed E-state index contributed by atoms with van der Waals surface area (Å²) < 4.78 is 32.6. The molecule has 0 aromatic carbocycles. The molecule has 52 heavy (non-hydrogen) atoms. The van der Waals surface area contributed by atoms with Crippen LogP contribution in [-0.2, 0) is 32.7 Å². The van der Waals surface area contributed by atoms with Gasteiger partial charge in [-0.15, -0.1) is 0 Å². The monoisotopic (exact) mass is 772 g/mol. The second-order valence-electron chi connectivity index (χ2n) is 14.0. The van der Waals surface area contributed by atoms with Crippen LogP contribution in [0.2, 0.25) is 0 Å². The molecule has 10 nitrogen and oxygen atoms in total. The Bertz CT molecular complexity index is 875. The number of ether oxygens (including phenoxy) is 2. The van der Waals surface area contributed by atoms with Crippen LogP contribution in [0.4, 0.5) is 0 Å². The Labute approximate surface area is 339 Å². The van der Waals surface area contributed by atoms with Crippen LogP contribution in [0.25, 0.3) is 0 Å². The molecule has 0 fully saturated rings. The minimum absolute atomic E-state index is 0. The molecule has 3 atom stereocenters. The van der Waals surface area contributed by atoms with Crippen molar-refractivity contribution >= 4 is 49.3 Å². The van der Waals surface area contributed by atoms with Crippen LogP contribution >= 0.6 is 7.82 Å². The maximum absolute atomic E-state index is 12.6. The van der Waals surface area contributed by atoms with Gasteiger partial charge in [-0.1, -0.05) is 154 Å². The molecule has 1 radical (unpaired) electrons. The number of aliphatic hydroxyl groups is 2. The Morgan fingerprint density at radius 3 is 1.40 bits per heavy atom. The Kier molecular flexibility index (Phi) is 41.8. The van der Waals surface area contributed by atoms with Gasteiger partial charge in [0.25, 0.3) is 0 Å². The van der Waals surface area contributed by atoms with E-state index in [0.717, 1.165) is 57.8 Å². The van der Waals surface area contributed by atoms with Crippen molar-refractivity contribution in [3.63, 3.8) is 0 Å². The van der Waals surface area contributed by atoms with Crippen molar-refractivity contribution in [2.24, 2.45) is 0 Å². The van der Waals surface area contributed by atoms with Crippen molar-refractivity contribution in [3.8, 4) is 0 Å². The van der Waals surface area contributed by atoms with Crippen LogP contribution in [0.5, 0.6) is 0 Å². The fraction of sp³-hybridized carbons (Fsp3) is 0.900. The molecule has 3 N–H and O–H groups in total. The van der Waals surface area contributed by atoms with Gasteiger partial charge in [0.2, 0.25) is 0 Å². The van der Waals surface area contributed by atoms with Crippen molar-refractivity contribution in [2.75, 3.05) is 26.4 Å². The topological polar surface area (TPSA) is 149 Å². The van der Waals surface area contributed by atoms with Crippen molar-refractivity contribution < 1.29 is 47.8 Å². The Balaban J connectivity index is 0. The van der Waals surface area contributed by atoms with E-state index in [2.05, 4.69) is 30.5 Å². The van der Waals surface area contributed by atoms with Crippen LogP contribution in [0.15, 0.2) is 12.2 Å². The molecule has 0 aliphatic carbocycles. The number of hydrogen-bond donors (Lipinski definition) is 3. The number of hydrogen-bond acceptors (Lipinski definition) is 9. The minimum Gasteiger partial charge on any atom is -0.462 e. The number of unbranched alkanes of at least 4 members (excludes halogenated alkanes) is 23. The van der Waals surface area contributed by atoms with Gasteiger partial charge < -0.3 is 24.6 Å². The van der Waals surface area contributed by atoms with E-state index in [9.17, 15) is 24.2 Å². The maximum atomic E-state index is 12.6. The summed E-state index contributed by atoms with van der Waals surface area (Å²) in [5.74, 6) is -0.927. The molecule has 2 unspecified atom stereocenters. The van der Waals surface area contributed by atoms with Crippen molar-refractivity contribution in [3.05, 3.63) is 12.2 Å². The predicted octanol–water partition coefficient (Wildman–Crippen LogP) is 10.1. The van der Waals surface area contributed by atoms with Crippen molar-refractivity contribution in [1.82, 2.24) is 0 Å². The van der Waals surface area contributed by atoms with Gasteiger partial charge >= 0.3 is 19.8 Å². The summed E-state index contributed by atoms with van der Waals surface area (Å²) in [6.07, 6.45) is 33.2. The van der Waals surface area contributed by atoms with E-state index in [1.54, 1.807) is 0 Å². The normalized spacial score (nSPS) is 13.8. The number of phosphoric acid groups is 1. The first kappa shape index (κ1) is 53.8. The third-order valence-electron chi connectivity index (χ3n) is 8.92. The number of rotatable bonds is 39. The third kappa shape index (κ3) is 39.4. The standard InChI is InChI=1S/C40H77O10P.Na/c1-3-5-7-9-11-13-15-17-18-20-22-24-26-28-30-32-40(44)50-38(36-49-51(45,46)48-34-37(42)33-41)35-47-39(43)31-29-27-25-23-21-19-16-14-12-10-8-6-4-2;/h17-18,37-38,41-42H,3-16,19-36H2,1-2H3,(H,45,46);/b18-17-;/t37?,38-;/m1./s1. The molecule has 0 bridgehead atoms. The summed E-state index contributed by atoms with van der Waals surface area (Å²) in [5, 5.41) is 18.3. The zero-order valence-electron chi connectivity index (χ0n) is 33.6. The molecule has 0 aromatic heterocycles. The second-order valence-corrected chi connectivity index (χ2v) is 15.5. The molecule has 0 rings (SSSR count). The van der Waals surface area contributed by atoms with E-state index in [1.807, 2.05) is 0 Å². The SMILES string of the molecule is CCCCCCCC/C=C\CCCCCCCC(=O)O[C@H](COC(=O)CCCCCCCCCCCCCCC)COP(=O)(O)OCC(O)CO.[Na]. The molecular formula is C40H77NaO10P. The molecule has 0 spiro atoms. The summed E-state index contributed by atoms with van der Waals surface area (Å²) in [5.41, 5.74) is 0. The minimum atomic E-state index is -4.61. The molecule has 0 aromatic rings. The maximum Gasteiger partial charge on any atom is 0.472 e. The molecule has 0 aliphatic rings. The van der Waals surface area contributed by atoms with Gasteiger partial charge in [0.05, 0.1) is 19.8 Å². The van der Waals surface area contributed by atoms with Crippen LogP contribution in [0, 0.1) is 0 Å². The summed E-state index contributed by atoms with van der Waals surface area (Å²) in [6.45, 7) is 2.37. The Morgan fingerprint density at radius 1 is 0.577 bits per heavy atom. The van der Waals surface area contributed by atoms with E-state index in [0.29, 0.717) is 12.8 Å². The Morgan fingerprint density at radius 2 is 0.962 bits per heavy atom. The molecular weight excluding hydrogens is 694 g/mol. The first-order chi connectivity index (χ1) is 24.7. The zero-order valence-corrected chi connectivity index (χ0v) is 36.5. The van der Waals surface area contributed by atoms with Gasteiger partial charge in [-0.25, -0.2) is 4.57 Å². The van der Waals surface area contributed by atoms with Crippen LogP contribution in [0.1, 0.15) is 194 Å². The number of carbonyl (C=O) groups is 2. The van der Waals surface area contributed by atoms with Gasteiger partial charge in [0.1, 0.15) is 12.7 Å². The van der Waals surface area contributed by atoms with Gasteiger partial charge in [0, 0.05) is 42.4 Å². The largest absolute Gasteiger partial charge is 0.472 e. The summed E-state index contributed by atoms with van der Waals surface area (Å²) in [7, 11) is -4.61. The van der Waals surface area contributed by atoms with Crippen LogP contribution < -0.4 is 0 Å².